The van der Waals surface area contributed by atoms with E-state index < -0.39 is 0 Å². The van der Waals surface area contributed by atoms with Gasteiger partial charge in [0.25, 0.3) is 5.91 Å². The van der Waals surface area contributed by atoms with Gasteiger partial charge in [-0.15, -0.1) is 0 Å². The maximum atomic E-state index is 13.7. The summed E-state index contributed by atoms with van der Waals surface area (Å²) in [6, 6.07) is 4.03. The molecule has 2 aliphatic heterocycles. The van der Waals surface area contributed by atoms with E-state index in [1.165, 1.54) is 0 Å². The van der Waals surface area contributed by atoms with Gasteiger partial charge in [0.05, 0.1) is 28.9 Å². The lowest BCUT2D eigenvalue weighted by molar-refractivity contribution is 0.0433. The molecule has 0 saturated carbocycles. The molecule has 8 heteroatoms. The minimum Gasteiger partial charge on any atom is -0.466 e. The number of piperazine rings is 1. The van der Waals surface area contributed by atoms with Crippen LogP contribution < -0.4 is 0 Å². The van der Waals surface area contributed by atoms with Gasteiger partial charge in [0.15, 0.2) is 5.65 Å². The van der Waals surface area contributed by atoms with Crippen molar-refractivity contribution in [1.29, 1.82) is 0 Å². The van der Waals surface area contributed by atoms with Crippen molar-refractivity contribution in [3.63, 3.8) is 0 Å². The van der Waals surface area contributed by atoms with E-state index in [2.05, 4.69) is 23.8 Å². The van der Waals surface area contributed by atoms with Crippen LogP contribution in [0.1, 0.15) is 54.6 Å². The number of rotatable bonds is 5. The predicted octanol–water partition coefficient (Wildman–Crippen LogP) is 3.83. The van der Waals surface area contributed by atoms with Crippen molar-refractivity contribution in [3.05, 3.63) is 35.4 Å². The fraction of sp³-hybridized carbons (Fsp3) is 0.560. The Labute approximate surface area is 194 Å². The first-order valence-corrected chi connectivity index (χ1v) is 12.0. The first-order chi connectivity index (χ1) is 15.9. The van der Waals surface area contributed by atoms with Gasteiger partial charge in [-0.2, -0.15) is 5.10 Å². The minimum atomic E-state index is 0.0431. The number of hydrogen-bond acceptors (Lipinski definition) is 6. The Morgan fingerprint density at radius 2 is 1.97 bits per heavy atom. The third-order valence-corrected chi connectivity index (χ3v) is 6.75. The van der Waals surface area contributed by atoms with Crippen LogP contribution in [0.3, 0.4) is 0 Å². The van der Waals surface area contributed by atoms with Gasteiger partial charge in [0.1, 0.15) is 11.5 Å². The highest BCUT2D eigenvalue weighted by molar-refractivity contribution is 6.06. The monoisotopic (exact) mass is 451 g/mol. The van der Waals surface area contributed by atoms with Crippen molar-refractivity contribution in [2.45, 2.75) is 52.7 Å². The zero-order valence-electron chi connectivity index (χ0n) is 20.0. The molecule has 0 N–H and O–H groups in total. The van der Waals surface area contributed by atoms with Gasteiger partial charge in [0, 0.05) is 50.9 Å². The van der Waals surface area contributed by atoms with Crippen molar-refractivity contribution in [3.8, 4) is 11.3 Å². The summed E-state index contributed by atoms with van der Waals surface area (Å²) in [5, 5.41) is 5.36. The largest absolute Gasteiger partial charge is 0.466 e. The standard InChI is InChI=1S/C25H33N5O3/c1-16(2)30-24-22(14-26-30)21(13-23(27-24)20-12-17(3)33-18(20)4)25(31)29-9-7-28(8-10-29)15-19-6-5-11-32-19/h12-14,16,19H,5-11,15H2,1-4H3. The molecule has 2 saturated heterocycles. The first kappa shape index (κ1) is 22.1. The molecule has 1 amide bonds. The molecule has 5 rings (SSSR count). The number of aromatic nitrogens is 3. The molecule has 0 aromatic carbocycles. The van der Waals surface area contributed by atoms with Crippen LogP contribution in [0.25, 0.3) is 22.3 Å². The average molecular weight is 452 g/mol. The minimum absolute atomic E-state index is 0.0431. The predicted molar refractivity (Wildman–Crippen MR) is 126 cm³/mol. The van der Waals surface area contributed by atoms with Gasteiger partial charge >= 0.3 is 0 Å². The van der Waals surface area contributed by atoms with E-state index in [1.807, 2.05) is 35.6 Å². The molecule has 3 aromatic rings. The molecule has 33 heavy (non-hydrogen) atoms. The summed E-state index contributed by atoms with van der Waals surface area (Å²) >= 11 is 0. The summed E-state index contributed by atoms with van der Waals surface area (Å²) in [4.78, 5) is 23.0. The molecule has 0 aliphatic carbocycles. The molecule has 0 spiro atoms. The lowest BCUT2D eigenvalue weighted by atomic mass is 10.1. The summed E-state index contributed by atoms with van der Waals surface area (Å²) in [6.07, 6.45) is 4.42. The molecular formula is C25H33N5O3. The zero-order valence-corrected chi connectivity index (χ0v) is 20.0. The second kappa shape index (κ2) is 8.91. The molecule has 2 fully saturated rings. The van der Waals surface area contributed by atoms with E-state index in [1.54, 1.807) is 6.20 Å². The van der Waals surface area contributed by atoms with E-state index in [0.717, 1.165) is 72.9 Å². The third-order valence-electron chi connectivity index (χ3n) is 6.75. The number of aryl methyl sites for hydroxylation is 2. The number of amides is 1. The number of carbonyl (C=O) groups excluding carboxylic acids is 1. The summed E-state index contributed by atoms with van der Waals surface area (Å²) in [7, 11) is 0. The molecule has 176 valence electrons. The maximum Gasteiger partial charge on any atom is 0.254 e. The topological polar surface area (TPSA) is 76.6 Å². The quantitative estimate of drug-likeness (QED) is 0.587. The van der Waals surface area contributed by atoms with Crippen LogP contribution in [-0.4, -0.2) is 75.9 Å². The third kappa shape index (κ3) is 4.29. The Kier molecular flexibility index (Phi) is 5.97. The fourth-order valence-electron chi connectivity index (χ4n) is 4.98. The van der Waals surface area contributed by atoms with Crippen molar-refractivity contribution < 1.29 is 13.9 Å². The van der Waals surface area contributed by atoms with Crippen molar-refractivity contribution >= 4 is 16.9 Å². The van der Waals surface area contributed by atoms with E-state index >= 15 is 0 Å². The molecule has 8 nitrogen and oxygen atoms in total. The summed E-state index contributed by atoms with van der Waals surface area (Å²) in [5.74, 6) is 1.68. The second-order valence-corrected chi connectivity index (χ2v) is 9.53. The van der Waals surface area contributed by atoms with E-state index in [4.69, 9.17) is 14.1 Å². The maximum absolute atomic E-state index is 13.7. The van der Waals surface area contributed by atoms with E-state index in [9.17, 15) is 4.79 Å². The van der Waals surface area contributed by atoms with Crippen LogP contribution in [0.2, 0.25) is 0 Å². The van der Waals surface area contributed by atoms with Crippen LogP contribution >= 0.6 is 0 Å². The molecule has 3 aromatic heterocycles. The average Bonchev–Trinajstić information content (AvgIpc) is 3.53. The Hall–Kier alpha value is -2.71. The molecule has 5 heterocycles. The number of hydrogen-bond donors (Lipinski definition) is 0. The normalized spacial score (nSPS) is 19.8. The zero-order chi connectivity index (χ0) is 23.1. The van der Waals surface area contributed by atoms with Gasteiger partial charge < -0.3 is 14.1 Å². The van der Waals surface area contributed by atoms with E-state index in [0.29, 0.717) is 24.8 Å². The number of fused-ring (bicyclic) bond motifs is 1. The van der Waals surface area contributed by atoms with Gasteiger partial charge in [0.2, 0.25) is 0 Å². The van der Waals surface area contributed by atoms with Gasteiger partial charge in [-0.3, -0.25) is 9.69 Å². The van der Waals surface area contributed by atoms with Gasteiger partial charge in [-0.25, -0.2) is 9.67 Å². The van der Waals surface area contributed by atoms with Gasteiger partial charge in [-0.1, -0.05) is 0 Å². The number of nitrogens with zero attached hydrogens (tertiary/aromatic N) is 5. The first-order valence-electron chi connectivity index (χ1n) is 12.0. The lowest BCUT2D eigenvalue weighted by Gasteiger charge is -2.35. The highest BCUT2D eigenvalue weighted by Crippen LogP contribution is 2.30. The smallest absolute Gasteiger partial charge is 0.254 e. The number of ether oxygens (including phenoxy) is 1. The van der Waals surface area contributed by atoms with E-state index in [-0.39, 0.29) is 11.9 Å². The van der Waals surface area contributed by atoms with Crippen LogP contribution in [0, 0.1) is 13.8 Å². The Balaban J connectivity index is 1.44. The molecule has 2 aliphatic rings. The highest BCUT2D eigenvalue weighted by Gasteiger charge is 2.28. The highest BCUT2D eigenvalue weighted by atomic mass is 16.5. The molecule has 1 unspecified atom stereocenters. The SMILES string of the molecule is Cc1cc(-c2cc(C(=O)N3CCN(CC4CCCO4)CC3)c3cnn(C(C)C)c3n2)c(C)o1. The Bertz CT molecular complexity index is 1150. The summed E-state index contributed by atoms with van der Waals surface area (Å²) in [6.45, 7) is 13.0. The van der Waals surface area contributed by atoms with Crippen molar-refractivity contribution in [1.82, 2.24) is 24.6 Å². The molecule has 0 radical (unpaired) electrons. The second-order valence-electron chi connectivity index (χ2n) is 9.53. The molecule has 0 bridgehead atoms. The lowest BCUT2D eigenvalue weighted by Crippen LogP contribution is -2.50. The number of pyridine rings is 1. The van der Waals surface area contributed by atoms with Crippen molar-refractivity contribution in [2.24, 2.45) is 0 Å². The van der Waals surface area contributed by atoms with Crippen LogP contribution in [-0.2, 0) is 4.74 Å². The summed E-state index contributed by atoms with van der Waals surface area (Å²) < 4.78 is 13.4. The Morgan fingerprint density at radius 3 is 2.61 bits per heavy atom. The summed E-state index contributed by atoms with van der Waals surface area (Å²) in [5.41, 5.74) is 3.06. The Morgan fingerprint density at radius 1 is 1.18 bits per heavy atom. The number of furan rings is 1. The van der Waals surface area contributed by atoms with Crippen molar-refractivity contribution in [2.75, 3.05) is 39.3 Å². The van der Waals surface area contributed by atoms with Crippen LogP contribution in [0.4, 0.5) is 0 Å². The van der Waals surface area contributed by atoms with Crippen LogP contribution in [0.15, 0.2) is 22.7 Å². The molecular weight excluding hydrogens is 418 g/mol. The van der Waals surface area contributed by atoms with Crippen LogP contribution in [0.5, 0.6) is 0 Å². The van der Waals surface area contributed by atoms with Gasteiger partial charge in [-0.05, 0) is 52.7 Å². The fourth-order valence-corrected chi connectivity index (χ4v) is 4.98. The number of carbonyl (C=O) groups is 1. The molecule has 1 atom stereocenters.